The zero-order chi connectivity index (χ0) is 13.7. The van der Waals surface area contributed by atoms with Gasteiger partial charge in [-0.25, -0.2) is 0 Å². The van der Waals surface area contributed by atoms with Crippen molar-refractivity contribution in [3.63, 3.8) is 0 Å². The molecular formula is C19H22O. The fourth-order valence-electron chi connectivity index (χ4n) is 4.15. The van der Waals surface area contributed by atoms with E-state index in [0.29, 0.717) is 5.41 Å². The van der Waals surface area contributed by atoms with E-state index in [1.54, 1.807) is 11.1 Å². The maximum atomic E-state index is 6.05. The van der Waals surface area contributed by atoms with Gasteiger partial charge in [-0.3, -0.25) is 0 Å². The highest BCUT2D eigenvalue weighted by Crippen LogP contribution is 2.54. The molecule has 0 aromatic heterocycles. The highest BCUT2D eigenvalue weighted by atomic mass is 16.5. The minimum Gasteiger partial charge on any atom is -0.488 e. The van der Waals surface area contributed by atoms with E-state index < -0.39 is 0 Å². The molecule has 0 spiro atoms. The van der Waals surface area contributed by atoms with Crippen LogP contribution in [0.4, 0.5) is 0 Å². The molecule has 3 aliphatic rings. The van der Waals surface area contributed by atoms with Crippen molar-refractivity contribution in [3.05, 3.63) is 46.5 Å². The molecule has 104 valence electrons. The molecule has 0 saturated carbocycles. The zero-order valence-electron chi connectivity index (χ0n) is 12.5. The number of fused-ring (bicyclic) bond motifs is 4. The van der Waals surface area contributed by atoms with E-state index in [1.165, 1.54) is 42.4 Å². The van der Waals surface area contributed by atoms with Crippen molar-refractivity contribution >= 4 is 5.57 Å². The summed E-state index contributed by atoms with van der Waals surface area (Å²) in [6.07, 6.45) is 8.63. The van der Waals surface area contributed by atoms with Gasteiger partial charge in [-0.15, -0.1) is 0 Å². The predicted molar refractivity (Wildman–Crippen MR) is 82.9 cm³/mol. The van der Waals surface area contributed by atoms with E-state index in [2.05, 4.69) is 38.1 Å². The Morgan fingerprint density at radius 3 is 2.95 bits per heavy atom. The second kappa shape index (κ2) is 4.25. The molecule has 0 N–H and O–H groups in total. The summed E-state index contributed by atoms with van der Waals surface area (Å²) in [7, 11) is 0. The lowest BCUT2D eigenvalue weighted by Gasteiger charge is -2.38. The number of hydrogen-bond acceptors (Lipinski definition) is 1. The molecule has 0 unspecified atom stereocenters. The molecule has 1 aromatic carbocycles. The monoisotopic (exact) mass is 266 g/mol. The molecular weight excluding hydrogens is 244 g/mol. The number of allylic oxidation sites excluding steroid dienone is 2. The smallest absolute Gasteiger partial charge is 0.127 e. The normalized spacial score (nSPS) is 27.4. The molecule has 1 aliphatic heterocycles. The van der Waals surface area contributed by atoms with E-state index in [4.69, 9.17) is 4.74 Å². The molecule has 1 atom stereocenters. The van der Waals surface area contributed by atoms with Crippen molar-refractivity contribution in [2.75, 3.05) is 6.61 Å². The third kappa shape index (κ3) is 1.62. The summed E-state index contributed by atoms with van der Waals surface area (Å²) in [5.74, 6) is 1.09. The first-order chi connectivity index (χ1) is 9.71. The second-order valence-corrected chi connectivity index (χ2v) is 6.65. The molecule has 1 nitrogen and oxygen atoms in total. The van der Waals surface area contributed by atoms with Crippen LogP contribution in [-0.4, -0.2) is 6.61 Å². The number of aryl methyl sites for hydroxylation is 1. The van der Waals surface area contributed by atoms with E-state index in [0.717, 1.165) is 18.8 Å². The quantitative estimate of drug-likeness (QED) is 0.701. The lowest BCUT2D eigenvalue weighted by molar-refractivity contribution is 0.313. The minimum atomic E-state index is 0.419. The predicted octanol–water partition coefficient (Wildman–Crippen LogP) is 4.92. The molecule has 4 rings (SSSR count). The van der Waals surface area contributed by atoms with Crippen molar-refractivity contribution in [1.29, 1.82) is 0 Å². The van der Waals surface area contributed by atoms with Crippen molar-refractivity contribution in [2.24, 2.45) is 5.41 Å². The SMILES string of the molecule is CCc1ccc2c(c1)C1=C(CO2)C2=CCC[C@@]2(C)CC1. The van der Waals surface area contributed by atoms with Crippen LogP contribution in [0.5, 0.6) is 5.75 Å². The first kappa shape index (κ1) is 12.3. The third-order valence-corrected chi connectivity index (χ3v) is 5.46. The van der Waals surface area contributed by atoms with E-state index >= 15 is 0 Å². The summed E-state index contributed by atoms with van der Waals surface area (Å²) in [4.78, 5) is 0. The van der Waals surface area contributed by atoms with Crippen LogP contribution in [0.15, 0.2) is 35.4 Å². The van der Waals surface area contributed by atoms with Gasteiger partial charge in [-0.2, -0.15) is 0 Å². The average Bonchev–Trinajstić information content (AvgIpc) is 2.88. The lowest BCUT2D eigenvalue weighted by Crippen LogP contribution is -2.26. The first-order valence-corrected chi connectivity index (χ1v) is 7.90. The van der Waals surface area contributed by atoms with Crippen LogP contribution in [0.3, 0.4) is 0 Å². The summed E-state index contributed by atoms with van der Waals surface area (Å²) in [5.41, 5.74) is 7.84. The molecule has 1 heteroatoms. The largest absolute Gasteiger partial charge is 0.488 e. The molecule has 1 aromatic rings. The average molecular weight is 266 g/mol. The van der Waals surface area contributed by atoms with Gasteiger partial charge in [0.05, 0.1) is 0 Å². The van der Waals surface area contributed by atoms with Gasteiger partial charge in [0.15, 0.2) is 0 Å². The van der Waals surface area contributed by atoms with Gasteiger partial charge in [0.1, 0.15) is 12.4 Å². The van der Waals surface area contributed by atoms with Crippen LogP contribution < -0.4 is 4.74 Å². The summed E-state index contributed by atoms with van der Waals surface area (Å²) in [6.45, 7) is 5.43. The molecule has 0 amide bonds. The van der Waals surface area contributed by atoms with Crippen molar-refractivity contribution in [2.45, 2.75) is 46.0 Å². The Morgan fingerprint density at radius 2 is 2.10 bits per heavy atom. The number of rotatable bonds is 1. The summed E-state index contributed by atoms with van der Waals surface area (Å²) in [5, 5.41) is 0. The molecule has 0 radical (unpaired) electrons. The van der Waals surface area contributed by atoms with Gasteiger partial charge in [0.2, 0.25) is 0 Å². The van der Waals surface area contributed by atoms with E-state index in [9.17, 15) is 0 Å². The third-order valence-electron chi connectivity index (χ3n) is 5.46. The Morgan fingerprint density at radius 1 is 1.20 bits per heavy atom. The van der Waals surface area contributed by atoms with Gasteiger partial charge < -0.3 is 4.74 Å². The maximum absolute atomic E-state index is 6.05. The Balaban J connectivity index is 1.87. The van der Waals surface area contributed by atoms with Crippen LogP contribution in [0, 0.1) is 5.41 Å². The van der Waals surface area contributed by atoms with E-state index in [-0.39, 0.29) is 0 Å². The number of benzene rings is 1. The van der Waals surface area contributed by atoms with Gasteiger partial charge in [-0.1, -0.05) is 26.0 Å². The van der Waals surface area contributed by atoms with Crippen LogP contribution in [0.25, 0.3) is 5.57 Å². The summed E-state index contributed by atoms with van der Waals surface area (Å²) >= 11 is 0. The standard InChI is InChI=1S/C19H22O/c1-3-13-6-7-18-15(11-13)14-8-10-19(2)9-4-5-17(19)16(14)12-20-18/h5-7,11H,3-4,8-10,12H2,1-2H3/t19-/m0/s1. The Kier molecular flexibility index (Phi) is 2.60. The van der Waals surface area contributed by atoms with Crippen LogP contribution in [0.1, 0.15) is 50.7 Å². The van der Waals surface area contributed by atoms with E-state index in [1.807, 2.05) is 0 Å². The molecule has 20 heavy (non-hydrogen) atoms. The Labute approximate surface area is 121 Å². The number of ether oxygens (including phenoxy) is 1. The highest BCUT2D eigenvalue weighted by Gasteiger charge is 2.40. The molecule has 0 saturated heterocycles. The maximum Gasteiger partial charge on any atom is 0.127 e. The van der Waals surface area contributed by atoms with Crippen LogP contribution >= 0.6 is 0 Å². The Hall–Kier alpha value is -1.50. The van der Waals surface area contributed by atoms with Gasteiger partial charge >= 0.3 is 0 Å². The molecule has 0 bridgehead atoms. The van der Waals surface area contributed by atoms with Gasteiger partial charge in [-0.05, 0) is 71.9 Å². The summed E-state index contributed by atoms with van der Waals surface area (Å²) in [6, 6.07) is 6.71. The van der Waals surface area contributed by atoms with Crippen molar-refractivity contribution in [3.8, 4) is 5.75 Å². The fourth-order valence-corrected chi connectivity index (χ4v) is 4.15. The van der Waals surface area contributed by atoms with Crippen molar-refractivity contribution < 1.29 is 4.74 Å². The fraction of sp³-hybridized carbons (Fsp3) is 0.474. The number of hydrogen-bond donors (Lipinski definition) is 0. The lowest BCUT2D eigenvalue weighted by atomic mass is 9.68. The topological polar surface area (TPSA) is 9.23 Å². The molecule has 0 fully saturated rings. The van der Waals surface area contributed by atoms with Gasteiger partial charge in [0.25, 0.3) is 0 Å². The molecule has 1 heterocycles. The zero-order valence-corrected chi connectivity index (χ0v) is 12.5. The summed E-state index contributed by atoms with van der Waals surface area (Å²) < 4.78 is 6.05. The van der Waals surface area contributed by atoms with Crippen molar-refractivity contribution in [1.82, 2.24) is 0 Å². The second-order valence-electron chi connectivity index (χ2n) is 6.65. The van der Waals surface area contributed by atoms with Crippen LogP contribution in [0.2, 0.25) is 0 Å². The highest BCUT2D eigenvalue weighted by molar-refractivity contribution is 5.80. The minimum absolute atomic E-state index is 0.419. The first-order valence-electron chi connectivity index (χ1n) is 7.90. The van der Waals surface area contributed by atoms with Gasteiger partial charge in [0, 0.05) is 5.56 Å². The van der Waals surface area contributed by atoms with Crippen LogP contribution in [-0.2, 0) is 6.42 Å². The Bertz CT molecular complexity index is 635. The molecule has 2 aliphatic carbocycles.